The highest BCUT2D eigenvalue weighted by Gasteiger charge is 2.10. The molecule has 1 aliphatic rings. The van der Waals surface area contributed by atoms with Crippen LogP contribution in [0.4, 0.5) is 0 Å². The van der Waals surface area contributed by atoms with E-state index in [1.807, 2.05) is 0 Å². The molecule has 4 heteroatoms. The monoisotopic (exact) mass is 156 g/mol. The Morgan fingerprint density at radius 2 is 2.10 bits per heavy atom. The van der Waals surface area contributed by atoms with Gasteiger partial charge in [-0.3, -0.25) is 0 Å². The molecule has 0 fully saturated rings. The van der Waals surface area contributed by atoms with E-state index in [0.29, 0.717) is 11.4 Å². The van der Waals surface area contributed by atoms with Crippen molar-refractivity contribution in [1.29, 1.82) is 0 Å². The van der Waals surface area contributed by atoms with E-state index in [1.165, 1.54) is 5.69 Å². The molecule has 3 nitrogen and oxygen atoms in total. The Hall–Kier alpha value is -0.610. The predicted octanol–water partition coefficient (Wildman–Crippen LogP) is 1.14. The van der Waals surface area contributed by atoms with Crippen molar-refractivity contribution < 1.29 is 4.74 Å². The number of hydrogen-bond donors (Lipinski definition) is 2. The molecule has 0 unspecified atom stereocenters. The zero-order chi connectivity index (χ0) is 6.97. The van der Waals surface area contributed by atoms with E-state index >= 15 is 0 Å². The van der Waals surface area contributed by atoms with Gasteiger partial charge in [0.1, 0.15) is 0 Å². The van der Waals surface area contributed by atoms with Crippen LogP contribution in [0.15, 0.2) is 0 Å². The van der Waals surface area contributed by atoms with Crippen molar-refractivity contribution in [3.63, 3.8) is 0 Å². The summed E-state index contributed by atoms with van der Waals surface area (Å²) in [4.78, 5) is 6.11. The first-order chi connectivity index (χ1) is 4.86. The number of aromatic nitrogens is 2. The van der Waals surface area contributed by atoms with Gasteiger partial charge in [0.05, 0.1) is 18.9 Å². The van der Waals surface area contributed by atoms with Crippen LogP contribution in [0, 0.1) is 4.77 Å². The molecule has 2 heterocycles. The number of aromatic amines is 2. The lowest BCUT2D eigenvalue weighted by Gasteiger charge is -2.09. The van der Waals surface area contributed by atoms with Gasteiger partial charge in [-0.05, 0) is 12.2 Å². The van der Waals surface area contributed by atoms with Crippen molar-refractivity contribution >= 4 is 12.2 Å². The Morgan fingerprint density at radius 1 is 1.30 bits per heavy atom. The highest BCUT2D eigenvalue weighted by atomic mass is 32.1. The number of nitrogens with one attached hydrogen (secondary N) is 2. The van der Waals surface area contributed by atoms with Crippen LogP contribution < -0.4 is 0 Å². The average molecular weight is 156 g/mol. The molecular formula is C6H8N2OS. The van der Waals surface area contributed by atoms with Crippen molar-refractivity contribution in [2.45, 2.75) is 13.0 Å². The molecule has 10 heavy (non-hydrogen) atoms. The van der Waals surface area contributed by atoms with Crippen LogP contribution in [0.5, 0.6) is 0 Å². The maximum Gasteiger partial charge on any atom is 0.174 e. The quantitative estimate of drug-likeness (QED) is 0.553. The zero-order valence-corrected chi connectivity index (χ0v) is 6.25. The summed E-state index contributed by atoms with van der Waals surface area (Å²) in [5.74, 6) is 0. The topological polar surface area (TPSA) is 40.8 Å². The Labute approximate surface area is 63.4 Å². The summed E-state index contributed by atoms with van der Waals surface area (Å²) in [5.41, 5.74) is 2.31. The van der Waals surface area contributed by atoms with E-state index < -0.39 is 0 Å². The molecule has 0 spiro atoms. The summed E-state index contributed by atoms with van der Waals surface area (Å²) >= 11 is 4.91. The van der Waals surface area contributed by atoms with Gasteiger partial charge < -0.3 is 14.7 Å². The van der Waals surface area contributed by atoms with Crippen molar-refractivity contribution in [3.05, 3.63) is 16.2 Å². The summed E-state index contributed by atoms with van der Waals surface area (Å²) in [6.07, 6.45) is 0.947. The second-order valence-electron chi connectivity index (χ2n) is 2.34. The molecule has 1 aromatic rings. The van der Waals surface area contributed by atoms with Crippen LogP contribution in [0.1, 0.15) is 11.4 Å². The van der Waals surface area contributed by atoms with Crippen LogP contribution >= 0.6 is 12.2 Å². The minimum Gasteiger partial charge on any atom is -0.375 e. The number of imidazole rings is 1. The normalized spacial score (nSPS) is 16.8. The highest BCUT2D eigenvalue weighted by molar-refractivity contribution is 7.71. The summed E-state index contributed by atoms with van der Waals surface area (Å²) in [5, 5.41) is 0. The van der Waals surface area contributed by atoms with Gasteiger partial charge in [0.2, 0.25) is 0 Å². The van der Waals surface area contributed by atoms with Crippen molar-refractivity contribution in [3.8, 4) is 0 Å². The van der Waals surface area contributed by atoms with Gasteiger partial charge in [-0.2, -0.15) is 0 Å². The van der Waals surface area contributed by atoms with Crippen molar-refractivity contribution in [1.82, 2.24) is 9.97 Å². The third-order valence-electron chi connectivity index (χ3n) is 1.64. The maximum absolute atomic E-state index is 5.21. The zero-order valence-electron chi connectivity index (χ0n) is 5.44. The van der Waals surface area contributed by atoms with Crippen LogP contribution in [-0.2, 0) is 17.8 Å². The van der Waals surface area contributed by atoms with E-state index in [0.717, 1.165) is 18.7 Å². The van der Waals surface area contributed by atoms with Gasteiger partial charge >= 0.3 is 0 Å². The van der Waals surface area contributed by atoms with Crippen molar-refractivity contribution in [2.75, 3.05) is 6.61 Å². The molecule has 0 saturated heterocycles. The Balaban J connectivity index is 2.50. The molecule has 1 aromatic heterocycles. The van der Waals surface area contributed by atoms with Gasteiger partial charge in [-0.25, -0.2) is 0 Å². The molecular weight excluding hydrogens is 148 g/mol. The number of H-pyrrole nitrogens is 2. The predicted molar refractivity (Wildman–Crippen MR) is 39.3 cm³/mol. The molecule has 54 valence electrons. The Kier molecular flexibility index (Phi) is 1.35. The van der Waals surface area contributed by atoms with Crippen LogP contribution in [0.2, 0.25) is 0 Å². The molecule has 0 bridgehead atoms. The number of ether oxygens (including phenoxy) is 1. The van der Waals surface area contributed by atoms with Crippen LogP contribution in [0.3, 0.4) is 0 Å². The maximum atomic E-state index is 5.21. The minimum absolute atomic E-state index is 0.669. The molecule has 0 amide bonds. The second kappa shape index (κ2) is 2.21. The third kappa shape index (κ3) is 0.892. The largest absolute Gasteiger partial charge is 0.375 e. The first-order valence-corrected chi connectivity index (χ1v) is 3.65. The van der Waals surface area contributed by atoms with Crippen molar-refractivity contribution in [2.24, 2.45) is 0 Å². The molecule has 0 atom stereocenters. The van der Waals surface area contributed by atoms with Gasteiger partial charge in [0, 0.05) is 12.1 Å². The lowest BCUT2D eigenvalue weighted by atomic mass is 10.2. The SMILES string of the molecule is S=c1[nH]c2c([nH]1)COCC2. The third-order valence-corrected chi connectivity index (χ3v) is 1.84. The van der Waals surface area contributed by atoms with Gasteiger partial charge in [-0.15, -0.1) is 0 Å². The summed E-state index contributed by atoms with van der Waals surface area (Å²) in [6.45, 7) is 1.47. The molecule has 2 N–H and O–H groups in total. The van der Waals surface area contributed by atoms with Crippen LogP contribution in [0.25, 0.3) is 0 Å². The molecule has 1 aliphatic heterocycles. The van der Waals surface area contributed by atoms with Gasteiger partial charge in [-0.1, -0.05) is 0 Å². The molecule has 0 radical (unpaired) electrons. The first-order valence-electron chi connectivity index (χ1n) is 3.24. The Bertz CT molecular complexity index is 262. The van der Waals surface area contributed by atoms with E-state index in [-0.39, 0.29) is 0 Å². The van der Waals surface area contributed by atoms with Gasteiger partial charge in [0.15, 0.2) is 4.77 Å². The van der Waals surface area contributed by atoms with E-state index in [1.54, 1.807) is 0 Å². The summed E-state index contributed by atoms with van der Waals surface area (Å²) in [7, 11) is 0. The fraction of sp³-hybridized carbons (Fsp3) is 0.500. The lowest BCUT2D eigenvalue weighted by Crippen LogP contribution is -2.08. The first kappa shape index (κ1) is 6.12. The Morgan fingerprint density at radius 3 is 2.90 bits per heavy atom. The second-order valence-corrected chi connectivity index (χ2v) is 2.75. The standard InChI is InChI=1S/C6H8N2OS/c10-6-7-4-1-2-9-3-5(4)8-6/h1-3H2,(H2,7,8,10). The van der Waals surface area contributed by atoms with E-state index in [4.69, 9.17) is 17.0 Å². The number of fused-ring (bicyclic) bond motifs is 1. The molecule has 0 aliphatic carbocycles. The van der Waals surface area contributed by atoms with E-state index in [2.05, 4.69) is 9.97 Å². The number of hydrogen-bond acceptors (Lipinski definition) is 2. The summed E-state index contributed by atoms with van der Waals surface area (Å²) < 4.78 is 5.92. The number of rotatable bonds is 0. The molecule has 0 saturated carbocycles. The fourth-order valence-electron chi connectivity index (χ4n) is 1.14. The smallest absolute Gasteiger partial charge is 0.174 e. The van der Waals surface area contributed by atoms with Crippen LogP contribution in [-0.4, -0.2) is 16.6 Å². The minimum atomic E-state index is 0.669. The molecule has 0 aromatic carbocycles. The molecule has 2 rings (SSSR count). The fourth-order valence-corrected chi connectivity index (χ4v) is 1.39. The van der Waals surface area contributed by atoms with Gasteiger partial charge in [0.25, 0.3) is 0 Å². The lowest BCUT2D eigenvalue weighted by molar-refractivity contribution is 0.107. The average Bonchev–Trinajstić information content (AvgIpc) is 2.27. The highest BCUT2D eigenvalue weighted by Crippen LogP contribution is 2.11. The van der Waals surface area contributed by atoms with E-state index in [9.17, 15) is 0 Å². The summed E-state index contributed by atoms with van der Waals surface area (Å²) in [6, 6.07) is 0.